The quantitative estimate of drug-likeness (QED) is 0.582. The third kappa shape index (κ3) is 3.33. The van der Waals surface area contributed by atoms with Crippen LogP contribution in [0.25, 0.3) is 0 Å². The fourth-order valence-corrected chi connectivity index (χ4v) is 1.81. The lowest BCUT2D eigenvalue weighted by Gasteiger charge is -2.09. The van der Waals surface area contributed by atoms with E-state index in [9.17, 15) is 4.79 Å². The second-order valence-corrected chi connectivity index (χ2v) is 4.31. The molecule has 2 aromatic carbocycles. The van der Waals surface area contributed by atoms with E-state index in [0.717, 1.165) is 11.3 Å². The lowest BCUT2D eigenvalue weighted by molar-refractivity contribution is 0.0706. The summed E-state index contributed by atoms with van der Waals surface area (Å²) in [5, 5.41) is 11.9. The number of benzene rings is 2. The number of anilines is 1. The largest absolute Gasteiger partial charge is 0.381 e. The van der Waals surface area contributed by atoms with Crippen LogP contribution in [0.2, 0.25) is 0 Å². The Balaban J connectivity index is 2.01. The summed E-state index contributed by atoms with van der Waals surface area (Å²) in [5.41, 5.74) is 5.40. The van der Waals surface area contributed by atoms with E-state index in [1.54, 1.807) is 17.6 Å². The summed E-state index contributed by atoms with van der Waals surface area (Å²) in [5.74, 6) is -0.501. The SMILES string of the molecule is Cc1ccccc1NCc1ccc(C(=O)NO)cc1. The molecule has 0 radical (unpaired) electrons. The Kier molecular flexibility index (Phi) is 4.15. The minimum Gasteiger partial charge on any atom is -0.381 e. The van der Waals surface area contributed by atoms with Gasteiger partial charge in [-0.25, -0.2) is 5.48 Å². The molecule has 3 N–H and O–H groups in total. The maximum absolute atomic E-state index is 11.2. The van der Waals surface area contributed by atoms with Crippen molar-refractivity contribution in [2.75, 3.05) is 5.32 Å². The summed E-state index contributed by atoms with van der Waals surface area (Å²) in [4.78, 5) is 11.2. The smallest absolute Gasteiger partial charge is 0.274 e. The lowest BCUT2D eigenvalue weighted by atomic mass is 10.1. The van der Waals surface area contributed by atoms with Gasteiger partial charge in [0, 0.05) is 17.8 Å². The maximum atomic E-state index is 11.2. The predicted molar refractivity (Wildman–Crippen MR) is 74.2 cm³/mol. The van der Waals surface area contributed by atoms with Crippen molar-refractivity contribution in [3.05, 3.63) is 65.2 Å². The Hall–Kier alpha value is -2.33. The van der Waals surface area contributed by atoms with E-state index in [1.807, 2.05) is 30.3 Å². The van der Waals surface area contributed by atoms with Gasteiger partial charge in [-0.1, -0.05) is 30.3 Å². The first-order chi connectivity index (χ1) is 9.20. The summed E-state index contributed by atoms with van der Waals surface area (Å²) < 4.78 is 0. The van der Waals surface area contributed by atoms with Gasteiger partial charge in [-0.3, -0.25) is 10.0 Å². The van der Waals surface area contributed by atoms with Crippen molar-refractivity contribution in [2.45, 2.75) is 13.5 Å². The minimum absolute atomic E-state index is 0.433. The highest BCUT2D eigenvalue weighted by Crippen LogP contribution is 2.14. The Morgan fingerprint density at radius 1 is 1.11 bits per heavy atom. The Labute approximate surface area is 112 Å². The zero-order chi connectivity index (χ0) is 13.7. The molecule has 1 amide bonds. The van der Waals surface area contributed by atoms with E-state index in [4.69, 9.17) is 5.21 Å². The van der Waals surface area contributed by atoms with Crippen LogP contribution in [0.5, 0.6) is 0 Å². The van der Waals surface area contributed by atoms with Gasteiger partial charge in [-0.05, 0) is 36.2 Å². The predicted octanol–water partition coefficient (Wildman–Crippen LogP) is 2.73. The van der Waals surface area contributed by atoms with Crippen molar-refractivity contribution in [2.24, 2.45) is 0 Å². The fraction of sp³-hybridized carbons (Fsp3) is 0.133. The monoisotopic (exact) mass is 256 g/mol. The molecule has 19 heavy (non-hydrogen) atoms. The number of hydrogen-bond donors (Lipinski definition) is 3. The van der Waals surface area contributed by atoms with Crippen molar-refractivity contribution in [3.8, 4) is 0 Å². The molecular formula is C15H16N2O2. The molecule has 4 nitrogen and oxygen atoms in total. The molecule has 0 aliphatic rings. The number of para-hydroxylation sites is 1. The number of rotatable bonds is 4. The van der Waals surface area contributed by atoms with Gasteiger partial charge in [-0.15, -0.1) is 0 Å². The van der Waals surface area contributed by atoms with Crippen LogP contribution in [0.1, 0.15) is 21.5 Å². The van der Waals surface area contributed by atoms with E-state index in [2.05, 4.69) is 18.3 Å². The van der Waals surface area contributed by atoms with Crippen molar-refractivity contribution in [1.29, 1.82) is 0 Å². The maximum Gasteiger partial charge on any atom is 0.274 e. The molecule has 0 spiro atoms. The molecule has 0 unspecified atom stereocenters. The Morgan fingerprint density at radius 2 is 1.79 bits per heavy atom. The normalized spacial score (nSPS) is 10.0. The van der Waals surface area contributed by atoms with Crippen LogP contribution in [0, 0.1) is 6.92 Å². The molecule has 0 aromatic heterocycles. The highest BCUT2D eigenvalue weighted by molar-refractivity contribution is 5.93. The summed E-state index contributed by atoms with van der Waals surface area (Å²) in [6, 6.07) is 15.2. The van der Waals surface area contributed by atoms with Crippen molar-refractivity contribution >= 4 is 11.6 Å². The molecule has 4 heteroatoms. The van der Waals surface area contributed by atoms with Gasteiger partial charge in [0.05, 0.1) is 0 Å². The Bertz CT molecular complexity index is 565. The number of hydroxylamine groups is 1. The van der Waals surface area contributed by atoms with E-state index in [-0.39, 0.29) is 0 Å². The molecule has 98 valence electrons. The van der Waals surface area contributed by atoms with Crippen LogP contribution >= 0.6 is 0 Å². The minimum atomic E-state index is -0.501. The van der Waals surface area contributed by atoms with E-state index >= 15 is 0 Å². The third-order valence-corrected chi connectivity index (χ3v) is 2.95. The lowest BCUT2D eigenvalue weighted by Crippen LogP contribution is -2.18. The first-order valence-corrected chi connectivity index (χ1v) is 6.03. The summed E-state index contributed by atoms with van der Waals surface area (Å²) in [6.45, 7) is 2.74. The van der Waals surface area contributed by atoms with Gasteiger partial charge in [-0.2, -0.15) is 0 Å². The third-order valence-electron chi connectivity index (χ3n) is 2.95. The van der Waals surface area contributed by atoms with Crippen LogP contribution in [0.15, 0.2) is 48.5 Å². The first-order valence-electron chi connectivity index (χ1n) is 6.03. The zero-order valence-electron chi connectivity index (χ0n) is 10.7. The number of amides is 1. The molecule has 0 atom stereocenters. The van der Waals surface area contributed by atoms with Gasteiger partial charge < -0.3 is 5.32 Å². The van der Waals surface area contributed by atoms with E-state index in [1.165, 1.54) is 5.56 Å². The zero-order valence-corrected chi connectivity index (χ0v) is 10.7. The van der Waals surface area contributed by atoms with Crippen molar-refractivity contribution in [3.63, 3.8) is 0 Å². The molecule has 0 saturated heterocycles. The first kappa shape index (κ1) is 13.1. The van der Waals surface area contributed by atoms with Gasteiger partial charge in [0.2, 0.25) is 0 Å². The van der Waals surface area contributed by atoms with Crippen LogP contribution in [0.3, 0.4) is 0 Å². The molecule has 0 saturated carbocycles. The summed E-state index contributed by atoms with van der Waals surface area (Å²) in [6.07, 6.45) is 0. The molecule has 0 heterocycles. The summed E-state index contributed by atoms with van der Waals surface area (Å²) >= 11 is 0. The van der Waals surface area contributed by atoms with Crippen LogP contribution in [0.4, 0.5) is 5.69 Å². The molecule has 2 aromatic rings. The second-order valence-electron chi connectivity index (χ2n) is 4.31. The van der Waals surface area contributed by atoms with Gasteiger partial charge in [0.25, 0.3) is 5.91 Å². The molecule has 0 bridgehead atoms. The highest BCUT2D eigenvalue weighted by Gasteiger charge is 2.03. The molecule has 0 aliphatic heterocycles. The molecule has 0 aliphatic carbocycles. The second kappa shape index (κ2) is 6.02. The van der Waals surface area contributed by atoms with Gasteiger partial charge in [0.15, 0.2) is 0 Å². The van der Waals surface area contributed by atoms with Crippen molar-refractivity contribution < 1.29 is 10.0 Å². The summed E-state index contributed by atoms with van der Waals surface area (Å²) in [7, 11) is 0. The number of carbonyl (C=O) groups excluding carboxylic acids is 1. The number of aryl methyl sites for hydroxylation is 1. The average molecular weight is 256 g/mol. The Morgan fingerprint density at radius 3 is 2.42 bits per heavy atom. The number of carbonyl (C=O) groups is 1. The molecular weight excluding hydrogens is 240 g/mol. The molecule has 2 rings (SSSR count). The molecule has 0 fully saturated rings. The van der Waals surface area contributed by atoms with Gasteiger partial charge in [0.1, 0.15) is 0 Å². The van der Waals surface area contributed by atoms with E-state index < -0.39 is 5.91 Å². The van der Waals surface area contributed by atoms with Crippen molar-refractivity contribution in [1.82, 2.24) is 5.48 Å². The van der Waals surface area contributed by atoms with Gasteiger partial charge >= 0.3 is 0 Å². The van der Waals surface area contributed by atoms with E-state index in [0.29, 0.717) is 12.1 Å². The number of hydrogen-bond acceptors (Lipinski definition) is 3. The van der Waals surface area contributed by atoms with Crippen LogP contribution < -0.4 is 10.8 Å². The number of nitrogens with one attached hydrogen (secondary N) is 2. The van der Waals surface area contributed by atoms with Crippen LogP contribution in [-0.2, 0) is 6.54 Å². The fourth-order valence-electron chi connectivity index (χ4n) is 1.81. The van der Waals surface area contributed by atoms with Crippen LogP contribution in [-0.4, -0.2) is 11.1 Å². The average Bonchev–Trinajstić information content (AvgIpc) is 2.46. The standard InChI is InChI=1S/C15H16N2O2/c1-11-4-2-3-5-14(11)16-10-12-6-8-13(9-7-12)15(18)17-19/h2-9,16,19H,10H2,1H3,(H,17,18). The topological polar surface area (TPSA) is 61.4 Å². The highest BCUT2D eigenvalue weighted by atomic mass is 16.5.